The topological polar surface area (TPSA) is 88.1 Å². The van der Waals surface area contributed by atoms with Crippen molar-refractivity contribution in [2.24, 2.45) is 5.73 Å². The Morgan fingerprint density at radius 1 is 1.56 bits per heavy atom. The van der Waals surface area contributed by atoms with Gasteiger partial charge in [0.2, 0.25) is 0 Å². The van der Waals surface area contributed by atoms with Crippen molar-refractivity contribution < 1.29 is 9.53 Å². The summed E-state index contributed by atoms with van der Waals surface area (Å²) in [5, 5.41) is 11.4. The normalized spacial score (nSPS) is 10.4. The van der Waals surface area contributed by atoms with Gasteiger partial charge in [-0.15, -0.1) is 0 Å². The number of para-hydroxylation sites is 2. The molecule has 0 aliphatic carbocycles. The fraction of sp³-hybridized carbons (Fsp3) is 0.0909. The average Bonchev–Trinajstić information content (AvgIpc) is 2.30. The maximum absolute atomic E-state index is 10.8. The molecule has 0 spiro atoms. The lowest BCUT2D eigenvalue weighted by Crippen LogP contribution is -2.13. The molecule has 0 radical (unpaired) electrons. The van der Waals surface area contributed by atoms with E-state index in [1.54, 1.807) is 24.3 Å². The van der Waals surface area contributed by atoms with Gasteiger partial charge >= 0.3 is 0 Å². The third-order valence-corrected chi connectivity index (χ3v) is 1.86. The Morgan fingerprint density at radius 2 is 2.25 bits per heavy atom. The number of amides is 1. The van der Waals surface area contributed by atoms with E-state index in [1.807, 2.05) is 6.07 Å². The summed E-state index contributed by atoms with van der Waals surface area (Å²) in [5.41, 5.74) is 5.49. The largest absolute Gasteiger partial charge is 0.495 e. The van der Waals surface area contributed by atoms with Crippen LogP contribution in [0, 0.1) is 11.3 Å². The first-order valence-corrected chi connectivity index (χ1v) is 4.48. The first kappa shape index (κ1) is 11.6. The zero-order valence-electron chi connectivity index (χ0n) is 8.73. The number of hydrogen-bond acceptors (Lipinski definition) is 4. The van der Waals surface area contributed by atoms with E-state index in [9.17, 15) is 4.79 Å². The summed E-state index contributed by atoms with van der Waals surface area (Å²) in [6.07, 6.45) is 1.25. The van der Waals surface area contributed by atoms with Gasteiger partial charge in [-0.1, -0.05) is 12.1 Å². The van der Waals surface area contributed by atoms with E-state index in [4.69, 9.17) is 15.7 Å². The first-order valence-electron chi connectivity index (χ1n) is 4.48. The lowest BCUT2D eigenvalue weighted by Gasteiger charge is -2.07. The first-order chi connectivity index (χ1) is 7.69. The van der Waals surface area contributed by atoms with E-state index in [0.29, 0.717) is 11.4 Å². The summed E-state index contributed by atoms with van der Waals surface area (Å²) in [6.45, 7) is 0. The van der Waals surface area contributed by atoms with Gasteiger partial charge in [-0.05, 0) is 12.1 Å². The number of nitrogens with two attached hydrogens (primary N) is 1. The van der Waals surface area contributed by atoms with Gasteiger partial charge < -0.3 is 15.8 Å². The Morgan fingerprint density at radius 3 is 2.81 bits per heavy atom. The number of anilines is 1. The molecule has 1 aromatic rings. The highest BCUT2D eigenvalue weighted by Gasteiger charge is 2.04. The number of carbonyl (C=O) groups is 1. The molecule has 5 nitrogen and oxygen atoms in total. The molecule has 1 aromatic carbocycles. The summed E-state index contributed by atoms with van der Waals surface area (Å²) < 4.78 is 5.08. The average molecular weight is 217 g/mol. The monoisotopic (exact) mass is 217 g/mol. The Kier molecular flexibility index (Phi) is 3.92. The molecule has 16 heavy (non-hydrogen) atoms. The summed E-state index contributed by atoms with van der Waals surface area (Å²) in [4.78, 5) is 10.8. The molecular formula is C11H11N3O2. The Balaban J connectivity index is 2.89. The van der Waals surface area contributed by atoms with Crippen LogP contribution in [0.15, 0.2) is 36.0 Å². The highest BCUT2D eigenvalue weighted by molar-refractivity contribution is 5.96. The van der Waals surface area contributed by atoms with Gasteiger partial charge in [0, 0.05) is 6.20 Å². The summed E-state index contributed by atoms with van der Waals surface area (Å²) in [6, 6.07) is 8.82. The Labute approximate surface area is 93.1 Å². The Hall–Kier alpha value is -2.48. The SMILES string of the molecule is COc1ccccc1NC=C(C#N)C(N)=O. The van der Waals surface area contributed by atoms with Gasteiger partial charge in [0.15, 0.2) is 0 Å². The zero-order valence-corrected chi connectivity index (χ0v) is 8.73. The second-order valence-corrected chi connectivity index (χ2v) is 2.88. The van der Waals surface area contributed by atoms with E-state index >= 15 is 0 Å². The molecule has 0 fully saturated rings. The molecule has 5 heteroatoms. The molecule has 0 aliphatic heterocycles. The van der Waals surface area contributed by atoms with Crippen molar-refractivity contribution in [3.05, 3.63) is 36.0 Å². The smallest absolute Gasteiger partial charge is 0.260 e. The zero-order chi connectivity index (χ0) is 12.0. The van der Waals surface area contributed by atoms with E-state index in [1.165, 1.54) is 13.3 Å². The number of methoxy groups -OCH3 is 1. The number of nitriles is 1. The number of rotatable bonds is 4. The van der Waals surface area contributed by atoms with E-state index in [2.05, 4.69) is 5.32 Å². The minimum absolute atomic E-state index is 0.147. The van der Waals surface area contributed by atoms with Gasteiger partial charge in [-0.25, -0.2) is 0 Å². The van der Waals surface area contributed by atoms with Crippen LogP contribution >= 0.6 is 0 Å². The number of ether oxygens (including phenoxy) is 1. The second-order valence-electron chi connectivity index (χ2n) is 2.88. The molecule has 0 unspecified atom stereocenters. The van der Waals surface area contributed by atoms with E-state index in [-0.39, 0.29) is 5.57 Å². The standard InChI is InChI=1S/C11H11N3O2/c1-16-10-5-3-2-4-9(10)14-7-8(6-12)11(13)15/h2-5,7,14H,1H3,(H2,13,15). The molecule has 0 atom stereocenters. The van der Waals surface area contributed by atoms with Crippen LogP contribution in [-0.4, -0.2) is 13.0 Å². The van der Waals surface area contributed by atoms with Crippen LogP contribution in [0.1, 0.15) is 0 Å². The van der Waals surface area contributed by atoms with Gasteiger partial charge in [0.05, 0.1) is 12.8 Å². The van der Waals surface area contributed by atoms with Gasteiger partial charge in [-0.2, -0.15) is 5.26 Å². The van der Waals surface area contributed by atoms with Crippen molar-refractivity contribution in [2.45, 2.75) is 0 Å². The van der Waals surface area contributed by atoms with Crippen LogP contribution in [0.25, 0.3) is 0 Å². The maximum Gasteiger partial charge on any atom is 0.260 e. The minimum Gasteiger partial charge on any atom is -0.495 e. The third kappa shape index (κ3) is 2.75. The third-order valence-electron chi connectivity index (χ3n) is 1.86. The number of nitrogens with one attached hydrogen (secondary N) is 1. The second kappa shape index (κ2) is 5.41. The molecule has 0 aromatic heterocycles. The molecule has 0 saturated carbocycles. The molecule has 1 rings (SSSR count). The maximum atomic E-state index is 10.8. The van der Waals surface area contributed by atoms with Crippen LogP contribution < -0.4 is 15.8 Å². The molecule has 82 valence electrons. The van der Waals surface area contributed by atoms with Gasteiger partial charge in [0.25, 0.3) is 5.91 Å². The van der Waals surface area contributed by atoms with E-state index < -0.39 is 5.91 Å². The number of nitrogens with zero attached hydrogens (tertiary/aromatic N) is 1. The molecule has 3 N–H and O–H groups in total. The minimum atomic E-state index is -0.773. The lowest BCUT2D eigenvalue weighted by molar-refractivity contribution is -0.114. The van der Waals surface area contributed by atoms with Crippen LogP contribution in [0.5, 0.6) is 5.75 Å². The number of benzene rings is 1. The molecule has 0 saturated heterocycles. The van der Waals surface area contributed by atoms with Crippen LogP contribution in [0.2, 0.25) is 0 Å². The summed E-state index contributed by atoms with van der Waals surface area (Å²) >= 11 is 0. The van der Waals surface area contributed by atoms with Crippen LogP contribution in [0.4, 0.5) is 5.69 Å². The van der Waals surface area contributed by atoms with Crippen LogP contribution in [0.3, 0.4) is 0 Å². The number of primary amides is 1. The lowest BCUT2D eigenvalue weighted by atomic mass is 10.2. The molecular weight excluding hydrogens is 206 g/mol. The fourth-order valence-electron chi connectivity index (χ4n) is 1.07. The quantitative estimate of drug-likeness (QED) is 0.581. The molecule has 0 heterocycles. The number of carbonyl (C=O) groups excluding carboxylic acids is 1. The highest BCUT2D eigenvalue weighted by Crippen LogP contribution is 2.22. The van der Waals surface area contributed by atoms with Crippen LogP contribution in [-0.2, 0) is 4.79 Å². The number of hydrogen-bond donors (Lipinski definition) is 2. The van der Waals surface area contributed by atoms with Gasteiger partial charge in [0.1, 0.15) is 17.4 Å². The highest BCUT2D eigenvalue weighted by atomic mass is 16.5. The molecule has 0 aliphatic rings. The van der Waals surface area contributed by atoms with Crippen molar-refractivity contribution in [3.8, 4) is 11.8 Å². The molecule has 1 amide bonds. The fourth-order valence-corrected chi connectivity index (χ4v) is 1.07. The van der Waals surface area contributed by atoms with Gasteiger partial charge in [-0.3, -0.25) is 4.79 Å². The predicted molar refractivity (Wildman–Crippen MR) is 59.5 cm³/mol. The van der Waals surface area contributed by atoms with Crippen molar-refractivity contribution in [1.82, 2.24) is 0 Å². The van der Waals surface area contributed by atoms with Crippen molar-refractivity contribution in [3.63, 3.8) is 0 Å². The summed E-state index contributed by atoms with van der Waals surface area (Å²) in [7, 11) is 1.53. The van der Waals surface area contributed by atoms with Crippen molar-refractivity contribution in [2.75, 3.05) is 12.4 Å². The van der Waals surface area contributed by atoms with Crippen molar-refractivity contribution >= 4 is 11.6 Å². The van der Waals surface area contributed by atoms with E-state index in [0.717, 1.165) is 0 Å². The van der Waals surface area contributed by atoms with Crippen molar-refractivity contribution in [1.29, 1.82) is 5.26 Å². The predicted octanol–water partition coefficient (Wildman–Crippen LogP) is 1.000. The molecule has 0 bridgehead atoms. The summed E-state index contributed by atoms with van der Waals surface area (Å²) in [5.74, 6) is -0.162. The Bertz CT molecular complexity index is 461.